The molecule has 1 amide bonds. The molecule has 28 heavy (non-hydrogen) atoms. The third-order valence-electron chi connectivity index (χ3n) is 4.98. The first-order valence-corrected chi connectivity index (χ1v) is 9.53. The fourth-order valence-corrected chi connectivity index (χ4v) is 3.53. The number of rotatable bonds is 6. The van der Waals surface area contributed by atoms with Crippen molar-refractivity contribution in [2.24, 2.45) is 0 Å². The van der Waals surface area contributed by atoms with Gasteiger partial charge < -0.3 is 15.2 Å². The van der Waals surface area contributed by atoms with E-state index in [-0.39, 0.29) is 18.1 Å². The maximum atomic E-state index is 12.9. The number of nitrogens with zero attached hydrogens (tertiary/aromatic N) is 4. The van der Waals surface area contributed by atoms with Crippen LogP contribution in [0, 0.1) is 0 Å². The Balaban J connectivity index is 1.45. The van der Waals surface area contributed by atoms with Gasteiger partial charge in [-0.05, 0) is 38.7 Å². The Hall–Kier alpha value is -2.78. The van der Waals surface area contributed by atoms with Crippen LogP contribution in [0.15, 0.2) is 31.0 Å². The van der Waals surface area contributed by atoms with Crippen molar-refractivity contribution in [1.29, 1.82) is 0 Å². The number of hydrogen-bond acceptors (Lipinski definition) is 6. The van der Waals surface area contributed by atoms with Crippen molar-refractivity contribution >= 4 is 16.8 Å². The van der Waals surface area contributed by atoms with Gasteiger partial charge in [0.1, 0.15) is 12.1 Å². The van der Waals surface area contributed by atoms with Gasteiger partial charge in [-0.2, -0.15) is 5.10 Å². The van der Waals surface area contributed by atoms with Gasteiger partial charge in [0.2, 0.25) is 0 Å². The number of pyridine rings is 1. The van der Waals surface area contributed by atoms with Gasteiger partial charge in [-0.15, -0.1) is 0 Å². The largest absolute Gasteiger partial charge is 0.391 e. The molecule has 3 heterocycles. The zero-order chi connectivity index (χ0) is 19.5. The van der Waals surface area contributed by atoms with Gasteiger partial charge in [0.15, 0.2) is 5.69 Å². The molecule has 9 nitrogen and oxygen atoms in total. The summed E-state index contributed by atoms with van der Waals surface area (Å²) in [6.07, 6.45) is 9.85. The lowest BCUT2D eigenvalue weighted by atomic mass is 9.93. The number of aromatic nitrogens is 5. The van der Waals surface area contributed by atoms with Crippen LogP contribution in [0.3, 0.4) is 0 Å². The minimum Gasteiger partial charge on any atom is -0.391 e. The Labute approximate surface area is 162 Å². The number of fused-ring (bicyclic) bond motifs is 1. The summed E-state index contributed by atoms with van der Waals surface area (Å²) in [6, 6.07) is 1.94. The number of imidazole rings is 1. The molecule has 0 bridgehead atoms. The molecule has 148 valence electrons. The maximum absolute atomic E-state index is 12.9. The predicted molar refractivity (Wildman–Crippen MR) is 102 cm³/mol. The summed E-state index contributed by atoms with van der Waals surface area (Å²) in [4.78, 5) is 21.5. The van der Waals surface area contributed by atoms with E-state index in [9.17, 15) is 9.90 Å². The number of aliphatic hydroxyl groups is 1. The minimum absolute atomic E-state index is 0.0792. The topological polar surface area (TPSA) is 118 Å². The zero-order valence-corrected chi connectivity index (χ0v) is 15.7. The van der Waals surface area contributed by atoms with E-state index in [2.05, 4.69) is 25.5 Å². The molecule has 9 heteroatoms. The van der Waals surface area contributed by atoms with Crippen molar-refractivity contribution < 1.29 is 14.6 Å². The second-order valence-electron chi connectivity index (χ2n) is 7.26. The van der Waals surface area contributed by atoms with Gasteiger partial charge in [0.25, 0.3) is 5.91 Å². The highest BCUT2D eigenvalue weighted by Crippen LogP contribution is 2.23. The molecule has 0 aliphatic heterocycles. The van der Waals surface area contributed by atoms with Crippen LogP contribution in [0.5, 0.6) is 0 Å². The van der Waals surface area contributed by atoms with Gasteiger partial charge in [-0.25, -0.2) is 9.97 Å². The molecule has 0 radical (unpaired) electrons. The second-order valence-corrected chi connectivity index (χ2v) is 7.26. The third-order valence-corrected chi connectivity index (χ3v) is 4.98. The lowest BCUT2D eigenvalue weighted by molar-refractivity contribution is -0.0210. The molecule has 0 saturated heterocycles. The molecule has 1 fully saturated rings. The molecule has 0 unspecified atom stereocenters. The molecule has 0 spiro atoms. The highest BCUT2D eigenvalue weighted by atomic mass is 16.5. The Kier molecular flexibility index (Phi) is 5.36. The van der Waals surface area contributed by atoms with Crippen LogP contribution in [0.1, 0.15) is 43.1 Å². The van der Waals surface area contributed by atoms with E-state index in [1.165, 1.54) is 0 Å². The van der Waals surface area contributed by atoms with Crippen molar-refractivity contribution in [2.75, 3.05) is 6.61 Å². The minimum atomic E-state index is -0.455. The normalized spacial score (nSPS) is 20.9. The number of nitrogens with one attached hydrogen (secondary N) is 2. The van der Waals surface area contributed by atoms with Crippen LogP contribution in [0.2, 0.25) is 0 Å². The van der Waals surface area contributed by atoms with Crippen molar-refractivity contribution in [2.45, 2.75) is 50.9 Å². The summed E-state index contributed by atoms with van der Waals surface area (Å²) < 4.78 is 7.45. The average Bonchev–Trinajstić information content (AvgIpc) is 3.38. The molecule has 3 N–H and O–H groups in total. The summed E-state index contributed by atoms with van der Waals surface area (Å²) in [6.45, 7) is 2.07. The van der Waals surface area contributed by atoms with Gasteiger partial charge >= 0.3 is 0 Å². The molecule has 3 aromatic rings. The van der Waals surface area contributed by atoms with Gasteiger partial charge in [-0.3, -0.25) is 14.5 Å². The zero-order valence-electron chi connectivity index (χ0n) is 15.7. The SMILES string of the molecule is C[C@H](O)COC1CCC(NC(=O)c2nc(-n3ccnc3)cc3cn[nH]c23)CC1. The second kappa shape index (κ2) is 8.07. The summed E-state index contributed by atoms with van der Waals surface area (Å²) in [5, 5.41) is 20.2. The van der Waals surface area contributed by atoms with E-state index in [0.29, 0.717) is 23.6 Å². The first kappa shape index (κ1) is 18.6. The number of amides is 1. The van der Waals surface area contributed by atoms with Crippen LogP contribution < -0.4 is 5.32 Å². The molecule has 1 atom stereocenters. The van der Waals surface area contributed by atoms with Crippen molar-refractivity contribution in [3.8, 4) is 5.82 Å². The number of H-pyrrole nitrogens is 1. The first-order valence-electron chi connectivity index (χ1n) is 9.53. The number of aromatic amines is 1. The van der Waals surface area contributed by atoms with Gasteiger partial charge in [0, 0.05) is 23.8 Å². The van der Waals surface area contributed by atoms with Crippen LogP contribution in [0.25, 0.3) is 16.7 Å². The lowest BCUT2D eigenvalue weighted by Gasteiger charge is -2.29. The fraction of sp³-hybridized carbons (Fsp3) is 0.474. The van der Waals surface area contributed by atoms with E-state index < -0.39 is 6.10 Å². The molecular weight excluding hydrogens is 360 g/mol. The third kappa shape index (κ3) is 4.05. The molecule has 1 saturated carbocycles. The van der Waals surface area contributed by atoms with Crippen LogP contribution in [0.4, 0.5) is 0 Å². The Morgan fingerprint density at radius 3 is 2.96 bits per heavy atom. The fourth-order valence-electron chi connectivity index (χ4n) is 3.53. The summed E-state index contributed by atoms with van der Waals surface area (Å²) >= 11 is 0. The Morgan fingerprint density at radius 2 is 2.25 bits per heavy atom. The van der Waals surface area contributed by atoms with E-state index >= 15 is 0 Å². The van der Waals surface area contributed by atoms with Crippen molar-refractivity contribution in [3.63, 3.8) is 0 Å². The summed E-state index contributed by atoms with van der Waals surface area (Å²) in [5.74, 6) is 0.399. The lowest BCUT2D eigenvalue weighted by Crippen LogP contribution is -2.39. The molecule has 4 rings (SSSR count). The van der Waals surface area contributed by atoms with Crippen LogP contribution in [-0.2, 0) is 4.74 Å². The molecule has 1 aliphatic carbocycles. The van der Waals surface area contributed by atoms with E-state index in [0.717, 1.165) is 31.1 Å². The smallest absolute Gasteiger partial charge is 0.272 e. The molecule has 0 aromatic carbocycles. The average molecular weight is 384 g/mol. The number of aliphatic hydroxyl groups excluding tert-OH is 1. The maximum Gasteiger partial charge on any atom is 0.272 e. The first-order chi connectivity index (χ1) is 13.6. The standard InChI is InChI=1S/C19H24N6O3/c1-12(26)10-28-15-4-2-14(3-5-15)22-19(27)18-17-13(9-21-24-17)8-16(23-18)25-7-6-20-11-25/h6-9,11-12,14-15,26H,2-5,10H2,1H3,(H,21,24)(H,22,27)/t12-,14?,15?/m0/s1. The van der Waals surface area contributed by atoms with E-state index in [1.807, 2.05) is 6.07 Å². The van der Waals surface area contributed by atoms with E-state index in [1.54, 1.807) is 36.4 Å². The van der Waals surface area contributed by atoms with Crippen LogP contribution in [-0.4, -0.2) is 60.6 Å². The number of carbonyl (C=O) groups is 1. The molecule has 3 aromatic heterocycles. The highest BCUT2D eigenvalue weighted by Gasteiger charge is 2.25. The molecular formula is C19H24N6O3. The number of hydrogen-bond donors (Lipinski definition) is 3. The Morgan fingerprint density at radius 1 is 1.43 bits per heavy atom. The Bertz CT molecular complexity index is 928. The van der Waals surface area contributed by atoms with Gasteiger partial charge in [-0.1, -0.05) is 0 Å². The highest BCUT2D eigenvalue weighted by molar-refractivity contribution is 6.04. The quantitative estimate of drug-likeness (QED) is 0.594. The van der Waals surface area contributed by atoms with Gasteiger partial charge in [0.05, 0.1) is 30.5 Å². The molecule has 1 aliphatic rings. The van der Waals surface area contributed by atoms with Crippen molar-refractivity contribution in [3.05, 3.63) is 36.7 Å². The van der Waals surface area contributed by atoms with Crippen LogP contribution >= 0.6 is 0 Å². The number of ether oxygens (including phenoxy) is 1. The van der Waals surface area contributed by atoms with E-state index in [4.69, 9.17) is 4.74 Å². The predicted octanol–water partition coefficient (Wildman–Crippen LogP) is 1.58. The van der Waals surface area contributed by atoms with Crippen molar-refractivity contribution in [1.82, 2.24) is 30.0 Å². The monoisotopic (exact) mass is 384 g/mol. The summed E-state index contributed by atoms with van der Waals surface area (Å²) in [5.41, 5.74) is 0.946. The summed E-state index contributed by atoms with van der Waals surface area (Å²) in [7, 11) is 0. The number of carbonyl (C=O) groups excluding carboxylic acids is 1.